The Hall–Kier alpha value is -5.23. The van der Waals surface area contributed by atoms with E-state index < -0.39 is 86.8 Å². The van der Waals surface area contributed by atoms with Crippen LogP contribution in [0.5, 0.6) is 0 Å². The molecule has 0 aromatic carbocycles. The molecular formula is C29H35N5O14. The maximum absolute atomic E-state index is 14.5. The first kappa shape index (κ1) is 34.1. The predicted octanol–water partition coefficient (Wildman–Crippen LogP) is -2.20. The van der Waals surface area contributed by atoms with E-state index in [-0.39, 0.29) is 17.7 Å². The van der Waals surface area contributed by atoms with Crippen LogP contribution in [0.2, 0.25) is 0 Å². The second-order valence-electron chi connectivity index (χ2n) is 11.7. The van der Waals surface area contributed by atoms with E-state index in [2.05, 4.69) is 4.98 Å². The van der Waals surface area contributed by atoms with Crippen molar-refractivity contribution in [3.8, 4) is 0 Å². The molecule has 4 bridgehead atoms. The molecule has 0 N–H and O–H groups in total. The zero-order valence-corrected chi connectivity index (χ0v) is 27.7. The fraction of sp³-hybridized carbons (Fsp3) is 0.621. The highest BCUT2D eigenvalue weighted by Crippen LogP contribution is 2.95. The van der Waals surface area contributed by atoms with Gasteiger partial charge in [-0.2, -0.15) is 4.98 Å². The number of nitrogens with zero attached hydrogens (tertiary/aromatic N) is 5. The third-order valence-electron chi connectivity index (χ3n) is 10.3. The minimum Gasteiger partial charge on any atom is -0.469 e. The average Bonchev–Trinajstić information content (AvgIpc) is 3.42. The number of ether oxygens (including phenoxy) is 6. The maximum Gasteiger partial charge on any atom is 0.334 e. The van der Waals surface area contributed by atoms with Gasteiger partial charge in [0.1, 0.15) is 22.7 Å². The second kappa shape index (κ2) is 10.9. The number of methoxy groups -OCH3 is 6. The molecule has 2 aromatic heterocycles. The van der Waals surface area contributed by atoms with Crippen LogP contribution in [0, 0.1) is 22.7 Å². The molecule has 2 aliphatic heterocycles. The third-order valence-corrected chi connectivity index (χ3v) is 10.3. The Morgan fingerprint density at radius 2 is 1.19 bits per heavy atom. The number of anilines is 1. The van der Waals surface area contributed by atoms with E-state index in [1.54, 1.807) is 0 Å². The second-order valence-corrected chi connectivity index (χ2v) is 11.7. The monoisotopic (exact) mass is 677 g/mol. The van der Waals surface area contributed by atoms with Crippen molar-refractivity contribution in [2.45, 2.75) is 37.4 Å². The summed E-state index contributed by atoms with van der Waals surface area (Å²) in [5, 5.41) is 0. The van der Waals surface area contributed by atoms with Crippen molar-refractivity contribution in [1.82, 2.24) is 18.7 Å². The van der Waals surface area contributed by atoms with Crippen molar-refractivity contribution in [3.05, 3.63) is 20.8 Å². The van der Waals surface area contributed by atoms with Gasteiger partial charge in [-0.15, -0.1) is 0 Å². The van der Waals surface area contributed by atoms with Crippen molar-refractivity contribution in [3.63, 3.8) is 0 Å². The number of carbonyl (C=O) groups is 6. The SMILES string of the molecule is CCCCn1c(N2C3(C(=O)OC)C(C(=O)OC)C4(C(=O)OC)C(C(=O)OC)(C3C(=O)OC)C24C(=O)OC)nc2c1c(=O)n(C)c(=O)n2C. The summed E-state index contributed by atoms with van der Waals surface area (Å²) < 4.78 is 34.0. The van der Waals surface area contributed by atoms with Gasteiger partial charge in [0.2, 0.25) is 5.95 Å². The molecule has 0 amide bonds. The Balaban J connectivity index is 2.16. The molecule has 4 heterocycles. The van der Waals surface area contributed by atoms with E-state index in [0.29, 0.717) is 12.8 Å². The number of carbonyl (C=O) groups excluding carboxylic acids is 6. The summed E-state index contributed by atoms with van der Waals surface area (Å²) in [5.41, 5.74) is -13.2. The summed E-state index contributed by atoms with van der Waals surface area (Å²) in [4.78, 5) is 118. The summed E-state index contributed by atoms with van der Waals surface area (Å²) in [6.45, 7) is 1.80. The van der Waals surface area contributed by atoms with Gasteiger partial charge in [-0.25, -0.2) is 14.4 Å². The molecular weight excluding hydrogens is 642 g/mol. The van der Waals surface area contributed by atoms with Crippen molar-refractivity contribution in [1.29, 1.82) is 0 Å². The lowest BCUT2D eigenvalue weighted by molar-refractivity contribution is -0.167. The summed E-state index contributed by atoms with van der Waals surface area (Å²) in [7, 11) is 8.05. The number of unbranched alkanes of at least 4 members (excludes halogenated alkanes) is 1. The number of hydrogen-bond donors (Lipinski definition) is 0. The highest BCUT2D eigenvalue weighted by molar-refractivity contribution is 6.25. The van der Waals surface area contributed by atoms with Gasteiger partial charge in [-0.3, -0.25) is 33.1 Å². The number of aryl methyl sites for hydroxylation is 2. The van der Waals surface area contributed by atoms with Crippen LogP contribution in [0.3, 0.4) is 0 Å². The van der Waals surface area contributed by atoms with Crippen LogP contribution in [0.25, 0.3) is 11.2 Å². The zero-order chi connectivity index (χ0) is 35.9. The first-order valence-corrected chi connectivity index (χ1v) is 14.7. The molecule has 19 heteroatoms. The fourth-order valence-corrected chi connectivity index (χ4v) is 8.81. The number of imidazole rings is 1. The van der Waals surface area contributed by atoms with Crippen molar-refractivity contribution >= 4 is 52.9 Å². The summed E-state index contributed by atoms with van der Waals surface area (Å²) in [5.74, 6) is -13.0. The van der Waals surface area contributed by atoms with Crippen LogP contribution >= 0.6 is 0 Å². The lowest BCUT2D eigenvalue weighted by Gasteiger charge is -2.39. The molecule has 2 saturated carbocycles. The van der Waals surface area contributed by atoms with Gasteiger partial charge in [0.05, 0.1) is 42.7 Å². The molecule has 2 aromatic rings. The van der Waals surface area contributed by atoms with E-state index in [1.165, 1.54) is 18.7 Å². The summed E-state index contributed by atoms with van der Waals surface area (Å²) in [6, 6.07) is 0. The van der Waals surface area contributed by atoms with E-state index >= 15 is 0 Å². The van der Waals surface area contributed by atoms with Crippen LogP contribution in [0.1, 0.15) is 19.8 Å². The highest BCUT2D eigenvalue weighted by Gasteiger charge is 3.19. The van der Waals surface area contributed by atoms with Crippen molar-refractivity contribution in [2.24, 2.45) is 36.8 Å². The average molecular weight is 678 g/mol. The fourth-order valence-electron chi connectivity index (χ4n) is 8.81. The van der Waals surface area contributed by atoms with Gasteiger partial charge >= 0.3 is 41.5 Å². The molecule has 4 aliphatic rings. The Labute approximate surface area is 271 Å². The van der Waals surface area contributed by atoms with E-state index in [4.69, 9.17) is 28.4 Å². The normalized spacial score (nSPS) is 29.3. The lowest BCUT2D eigenvalue weighted by atomic mass is 9.74. The maximum atomic E-state index is 14.5. The topological polar surface area (TPSA) is 223 Å². The first-order chi connectivity index (χ1) is 22.7. The van der Waals surface area contributed by atoms with Gasteiger partial charge in [0.25, 0.3) is 5.56 Å². The van der Waals surface area contributed by atoms with Crippen LogP contribution in [0.15, 0.2) is 9.59 Å². The molecule has 4 unspecified atom stereocenters. The van der Waals surface area contributed by atoms with Gasteiger partial charge in [-0.05, 0) is 6.42 Å². The van der Waals surface area contributed by atoms with Gasteiger partial charge in [0, 0.05) is 20.6 Å². The largest absolute Gasteiger partial charge is 0.469 e. The number of esters is 6. The first-order valence-electron chi connectivity index (χ1n) is 14.7. The van der Waals surface area contributed by atoms with E-state index in [0.717, 1.165) is 56.7 Å². The van der Waals surface area contributed by atoms with Gasteiger partial charge < -0.3 is 37.9 Å². The number of aromatic nitrogens is 4. The van der Waals surface area contributed by atoms with Crippen LogP contribution in [-0.4, -0.2) is 108 Å². The van der Waals surface area contributed by atoms with Crippen LogP contribution in [0.4, 0.5) is 5.95 Å². The molecule has 260 valence electrons. The molecule has 2 aliphatic carbocycles. The van der Waals surface area contributed by atoms with Gasteiger partial charge in [-0.1, -0.05) is 13.3 Å². The number of rotatable bonds is 10. The molecule has 4 fully saturated rings. The highest BCUT2D eigenvalue weighted by atomic mass is 16.6. The molecule has 0 spiro atoms. The van der Waals surface area contributed by atoms with Crippen LogP contribution < -0.4 is 16.1 Å². The molecule has 0 radical (unpaired) electrons. The van der Waals surface area contributed by atoms with E-state index in [1.807, 2.05) is 6.92 Å². The van der Waals surface area contributed by atoms with Crippen molar-refractivity contribution < 1.29 is 57.2 Å². The molecule has 2 saturated heterocycles. The smallest absolute Gasteiger partial charge is 0.334 e. The quantitative estimate of drug-likeness (QED) is 0.192. The number of piperidine rings is 2. The number of hydrogen-bond acceptors (Lipinski definition) is 16. The Morgan fingerprint density at radius 1 is 0.708 bits per heavy atom. The predicted molar refractivity (Wildman–Crippen MR) is 157 cm³/mol. The number of fused-ring (bicyclic) bond motifs is 1. The molecule has 4 atom stereocenters. The minimum atomic E-state index is -2.83. The van der Waals surface area contributed by atoms with Gasteiger partial charge in [0.15, 0.2) is 22.2 Å². The third kappa shape index (κ3) is 3.12. The zero-order valence-electron chi connectivity index (χ0n) is 27.7. The molecule has 48 heavy (non-hydrogen) atoms. The molecule has 19 nitrogen and oxygen atoms in total. The summed E-state index contributed by atoms with van der Waals surface area (Å²) in [6.07, 6.45) is 0.906. The lowest BCUT2D eigenvalue weighted by Crippen LogP contribution is -2.62. The standard InChI is InChI=1S/C29H35N5O14/c1-10-11-12-33-13-16(31(2)25(42)32(3)17(13)35)30-24(33)34-26(20(38)45-6)14(18(36)43-4)27(21(39)46-7)28(22(40)47-8,15(26)19(37)44-5)29(27,34)23(41)48-9/h14-15H,10-12H2,1-9H3. The van der Waals surface area contributed by atoms with Crippen molar-refractivity contribution in [2.75, 3.05) is 47.6 Å². The van der Waals surface area contributed by atoms with Crippen LogP contribution in [-0.2, 0) is 77.8 Å². The Morgan fingerprint density at radius 3 is 1.60 bits per heavy atom. The minimum absolute atomic E-state index is 0.0387. The summed E-state index contributed by atoms with van der Waals surface area (Å²) >= 11 is 0. The Bertz CT molecular complexity index is 1860. The van der Waals surface area contributed by atoms with E-state index in [9.17, 15) is 38.4 Å². The Kier molecular flexibility index (Phi) is 7.75. The molecule has 6 rings (SSSR count).